The Kier molecular flexibility index (Phi) is 3.67. The van der Waals surface area contributed by atoms with Gasteiger partial charge in [-0.25, -0.2) is 5.48 Å². The second kappa shape index (κ2) is 4.08. The number of hydroxylamine groups is 1. The molecule has 0 fully saturated rings. The number of nitrogens with one attached hydrogen (secondary N) is 2. The third-order valence-electron chi connectivity index (χ3n) is 1.05. The Morgan fingerprint density at radius 3 is 2.08 bits per heavy atom. The van der Waals surface area contributed by atoms with Crippen LogP contribution >= 0.6 is 0 Å². The summed E-state index contributed by atoms with van der Waals surface area (Å²) < 4.78 is 35.8. The summed E-state index contributed by atoms with van der Waals surface area (Å²) in [5.74, 6) is -2.76. The van der Waals surface area contributed by atoms with E-state index in [1.54, 1.807) is 0 Å². The largest absolute Gasteiger partial charge is 0.417 e. The Morgan fingerprint density at radius 2 is 1.85 bits per heavy atom. The first kappa shape index (κ1) is 11.7. The molecule has 0 saturated carbocycles. The van der Waals surface area contributed by atoms with E-state index in [4.69, 9.17) is 5.21 Å². The van der Waals surface area contributed by atoms with Crippen molar-refractivity contribution in [3.8, 4) is 0 Å². The van der Waals surface area contributed by atoms with Gasteiger partial charge in [0, 0.05) is 6.92 Å². The number of hydrogen-bond acceptors (Lipinski definition) is 3. The molecule has 76 valence electrons. The molecule has 2 amide bonds. The summed E-state index contributed by atoms with van der Waals surface area (Å²) >= 11 is 0. The summed E-state index contributed by atoms with van der Waals surface area (Å²) in [5, 5.41) is 9.27. The van der Waals surface area contributed by atoms with Crippen LogP contribution in [0.3, 0.4) is 0 Å². The number of rotatable bonds is 2. The predicted molar refractivity (Wildman–Crippen MR) is 33.6 cm³/mol. The molecule has 0 saturated heterocycles. The van der Waals surface area contributed by atoms with Crippen molar-refractivity contribution in [1.29, 1.82) is 0 Å². The van der Waals surface area contributed by atoms with Gasteiger partial charge in [-0.15, -0.1) is 0 Å². The van der Waals surface area contributed by atoms with Crippen LogP contribution in [0.5, 0.6) is 0 Å². The second-order valence-electron chi connectivity index (χ2n) is 2.15. The zero-order chi connectivity index (χ0) is 10.6. The van der Waals surface area contributed by atoms with Crippen molar-refractivity contribution in [3.05, 3.63) is 0 Å². The van der Waals surface area contributed by atoms with Gasteiger partial charge < -0.3 is 5.32 Å². The fourth-order valence-electron chi connectivity index (χ4n) is 0.564. The maximum Gasteiger partial charge on any atom is 0.417 e. The van der Waals surface area contributed by atoms with Gasteiger partial charge in [0.25, 0.3) is 5.91 Å². The average molecular weight is 200 g/mol. The first-order chi connectivity index (χ1) is 5.79. The van der Waals surface area contributed by atoms with E-state index in [0.717, 1.165) is 12.4 Å². The number of carbonyl (C=O) groups is 2. The van der Waals surface area contributed by atoms with Gasteiger partial charge in [-0.1, -0.05) is 0 Å². The van der Waals surface area contributed by atoms with Gasteiger partial charge in [0.2, 0.25) is 11.9 Å². The summed E-state index contributed by atoms with van der Waals surface area (Å²) in [6.45, 7) is 0.823. The van der Waals surface area contributed by atoms with Crippen LogP contribution in [-0.2, 0) is 9.59 Å². The van der Waals surface area contributed by atoms with Crippen molar-refractivity contribution >= 4 is 11.8 Å². The van der Waals surface area contributed by atoms with Gasteiger partial charge >= 0.3 is 6.18 Å². The zero-order valence-electron chi connectivity index (χ0n) is 6.47. The predicted octanol–water partition coefficient (Wildman–Crippen LogP) is -0.441. The zero-order valence-corrected chi connectivity index (χ0v) is 6.47. The first-order valence-corrected chi connectivity index (χ1v) is 3.06. The fourth-order valence-corrected chi connectivity index (χ4v) is 0.564. The van der Waals surface area contributed by atoms with Gasteiger partial charge in [0.15, 0.2) is 0 Å². The molecule has 0 rings (SSSR count). The highest BCUT2D eigenvalue weighted by atomic mass is 19.4. The van der Waals surface area contributed by atoms with Gasteiger partial charge in [-0.2, -0.15) is 13.2 Å². The van der Waals surface area contributed by atoms with Crippen molar-refractivity contribution < 1.29 is 28.0 Å². The summed E-state index contributed by atoms with van der Waals surface area (Å²) in [7, 11) is 0. The monoisotopic (exact) mass is 200 g/mol. The Bertz CT molecular complexity index is 216. The minimum Gasteiger partial charge on any atom is -0.337 e. The van der Waals surface area contributed by atoms with Crippen LogP contribution in [0.2, 0.25) is 0 Å². The lowest BCUT2D eigenvalue weighted by atomic mass is 10.2. The molecule has 13 heavy (non-hydrogen) atoms. The lowest BCUT2D eigenvalue weighted by molar-refractivity contribution is -0.176. The molecule has 0 aliphatic carbocycles. The van der Waals surface area contributed by atoms with E-state index in [-0.39, 0.29) is 0 Å². The lowest BCUT2D eigenvalue weighted by Gasteiger charge is -2.18. The maximum absolute atomic E-state index is 11.9. The van der Waals surface area contributed by atoms with Crippen LogP contribution in [0.4, 0.5) is 13.2 Å². The Hall–Kier alpha value is -1.31. The average Bonchev–Trinajstić information content (AvgIpc) is 1.96. The Labute approximate surface area is 70.9 Å². The molecule has 3 N–H and O–H groups in total. The van der Waals surface area contributed by atoms with Crippen LogP contribution < -0.4 is 10.8 Å². The van der Waals surface area contributed by atoms with E-state index in [1.165, 1.54) is 5.32 Å². The highest BCUT2D eigenvalue weighted by molar-refractivity contribution is 5.86. The molecule has 0 spiro atoms. The van der Waals surface area contributed by atoms with Gasteiger partial charge in [-0.3, -0.25) is 14.8 Å². The maximum atomic E-state index is 11.9. The SMILES string of the molecule is CC(=O)NC(C(=O)NO)C(F)(F)F. The molecular weight excluding hydrogens is 193 g/mol. The van der Waals surface area contributed by atoms with Crippen LogP contribution in [0.15, 0.2) is 0 Å². The molecule has 0 aromatic carbocycles. The minimum absolute atomic E-state index is 0.803. The normalized spacial score (nSPS) is 13.3. The van der Waals surface area contributed by atoms with Crippen molar-refractivity contribution in [1.82, 2.24) is 10.8 Å². The number of carbonyl (C=O) groups excluding carboxylic acids is 2. The van der Waals surface area contributed by atoms with E-state index in [1.807, 2.05) is 0 Å². The van der Waals surface area contributed by atoms with Crippen LogP contribution in [0.1, 0.15) is 6.92 Å². The molecule has 0 heterocycles. The molecule has 0 aromatic rings. The standard InChI is InChI=1S/C5H7F3N2O3/c1-2(11)9-3(4(12)10-13)5(6,7)8/h3,13H,1H3,(H,9,11)(H,10,12). The summed E-state index contributed by atoms with van der Waals surface area (Å²) in [6, 6.07) is -2.73. The van der Waals surface area contributed by atoms with Crippen molar-refractivity contribution in [2.45, 2.75) is 19.1 Å². The van der Waals surface area contributed by atoms with E-state index < -0.39 is 24.0 Å². The molecule has 0 aliphatic heterocycles. The van der Waals surface area contributed by atoms with Crippen molar-refractivity contribution in [3.63, 3.8) is 0 Å². The van der Waals surface area contributed by atoms with E-state index in [0.29, 0.717) is 0 Å². The van der Waals surface area contributed by atoms with Gasteiger partial charge in [0.1, 0.15) is 0 Å². The number of amides is 2. The lowest BCUT2D eigenvalue weighted by Crippen LogP contribution is -2.53. The molecule has 1 unspecified atom stereocenters. The van der Waals surface area contributed by atoms with E-state index in [2.05, 4.69) is 0 Å². The number of alkyl halides is 3. The summed E-state index contributed by atoms with van der Waals surface area (Å²) in [6.07, 6.45) is -4.93. The smallest absolute Gasteiger partial charge is 0.337 e. The van der Waals surface area contributed by atoms with Crippen molar-refractivity contribution in [2.75, 3.05) is 0 Å². The van der Waals surface area contributed by atoms with Crippen LogP contribution in [0, 0.1) is 0 Å². The molecule has 0 aliphatic rings. The fraction of sp³-hybridized carbons (Fsp3) is 0.600. The Balaban J connectivity index is 4.56. The third-order valence-corrected chi connectivity index (χ3v) is 1.05. The topological polar surface area (TPSA) is 78.4 Å². The highest BCUT2D eigenvalue weighted by Gasteiger charge is 2.45. The summed E-state index contributed by atoms with van der Waals surface area (Å²) in [4.78, 5) is 20.6. The minimum atomic E-state index is -4.93. The Morgan fingerprint density at radius 1 is 1.38 bits per heavy atom. The molecular formula is C5H7F3N2O3. The van der Waals surface area contributed by atoms with Gasteiger partial charge in [-0.05, 0) is 0 Å². The molecule has 8 heteroatoms. The van der Waals surface area contributed by atoms with E-state index in [9.17, 15) is 22.8 Å². The molecule has 5 nitrogen and oxygen atoms in total. The summed E-state index contributed by atoms with van der Waals surface area (Å²) in [5.41, 5.74) is 0.803. The number of halogens is 3. The highest BCUT2D eigenvalue weighted by Crippen LogP contribution is 2.20. The second-order valence-corrected chi connectivity index (χ2v) is 2.15. The van der Waals surface area contributed by atoms with E-state index >= 15 is 0 Å². The molecule has 0 bridgehead atoms. The van der Waals surface area contributed by atoms with Crippen LogP contribution in [0.25, 0.3) is 0 Å². The first-order valence-electron chi connectivity index (χ1n) is 3.06. The quantitative estimate of drug-likeness (QED) is 0.417. The molecule has 0 aromatic heterocycles. The van der Waals surface area contributed by atoms with Gasteiger partial charge in [0.05, 0.1) is 0 Å². The number of hydrogen-bond donors (Lipinski definition) is 3. The molecule has 1 atom stereocenters. The molecule has 0 radical (unpaired) electrons. The van der Waals surface area contributed by atoms with Crippen molar-refractivity contribution in [2.24, 2.45) is 0 Å². The third kappa shape index (κ3) is 3.74. The van der Waals surface area contributed by atoms with Crippen LogP contribution in [-0.4, -0.2) is 29.2 Å².